The van der Waals surface area contributed by atoms with Crippen LogP contribution in [0.15, 0.2) is 24.3 Å². The molecule has 3 amide bonds. The number of hydrogen-bond acceptors (Lipinski definition) is 5. The fraction of sp³-hybridized carbons (Fsp3) is 0.412. The van der Waals surface area contributed by atoms with Crippen molar-refractivity contribution in [2.24, 2.45) is 0 Å². The summed E-state index contributed by atoms with van der Waals surface area (Å²) in [6.07, 6.45) is 0.427. The maximum atomic E-state index is 12.3. The van der Waals surface area contributed by atoms with Gasteiger partial charge in [-0.3, -0.25) is 19.7 Å². The summed E-state index contributed by atoms with van der Waals surface area (Å²) in [6.45, 7) is 5.26. The van der Waals surface area contributed by atoms with Crippen LogP contribution >= 0.6 is 0 Å². The molecule has 0 aliphatic carbocycles. The summed E-state index contributed by atoms with van der Waals surface area (Å²) >= 11 is 0. The molecule has 0 spiro atoms. The fourth-order valence-corrected chi connectivity index (χ4v) is 2.20. The van der Waals surface area contributed by atoms with Gasteiger partial charge in [-0.25, -0.2) is 4.79 Å². The number of carbonyl (C=O) groups is 4. The Kier molecular flexibility index (Phi) is 5.02. The second-order valence-corrected chi connectivity index (χ2v) is 6.56. The van der Waals surface area contributed by atoms with Crippen LogP contribution in [-0.2, 0) is 14.3 Å². The van der Waals surface area contributed by atoms with Crippen LogP contribution in [0.5, 0.6) is 0 Å². The Morgan fingerprint density at radius 2 is 1.88 bits per heavy atom. The standard InChI is InChI=1S/C17H20N2O5/c1-17(2,3)24-16(23)11-6-4-5-10(9-11)14(21)18-12-7-8-13(20)19-15(12)22/h4-6,9,12H,7-8H2,1-3H3,(H,18,21)(H,19,20,22). The largest absolute Gasteiger partial charge is 0.456 e. The minimum Gasteiger partial charge on any atom is -0.456 e. The van der Waals surface area contributed by atoms with Gasteiger partial charge < -0.3 is 10.1 Å². The van der Waals surface area contributed by atoms with Gasteiger partial charge >= 0.3 is 5.97 Å². The number of amides is 3. The van der Waals surface area contributed by atoms with Gasteiger partial charge in [0.15, 0.2) is 0 Å². The van der Waals surface area contributed by atoms with Crippen LogP contribution in [0.2, 0.25) is 0 Å². The van der Waals surface area contributed by atoms with Gasteiger partial charge in [-0.15, -0.1) is 0 Å². The zero-order chi connectivity index (χ0) is 17.9. The molecule has 1 aromatic rings. The third-order valence-corrected chi connectivity index (χ3v) is 3.30. The molecule has 1 heterocycles. The first kappa shape index (κ1) is 17.7. The highest BCUT2D eigenvalue weighted by molar-refractivity contribution is 6.04. The third kappa shape index (κ3) is 4.65. The number of esters is 1. The number of ether oxygens (including phenoxy) is 1. The van der Waals surface area contributed by atoms with Gasteiger partial charge in [-0.2, -0.15) is 0 Å². The Morgan fingerprint density at radius 3 is 2.50 bits per heavy atom. The molecule has 1 fully saturated rings. The van der Waals surface area contributed by atoms with E-state index in [0.717, 1.165) is 0 Å². The predicted octanol–water partition coefficient (Wildman–Crippen LogP) is 1.18. The van der Waals surface area contributed by atoms with Gasteiger partial charge in [0, 0.05) is 12.0 Å². The van der Waals surface area contributed by atoms with Gasteiger partial charge in [0.1, 0.15) is 11.6 Å². The van der Waals surface area contributed by atoms with Crippen LogP contribution in [-0.4, -0.2) is 35.3 Å². The minimum atomic E-state index is -0.764. The quantitative estimate of drug-likeness (QED) is 0.639. The number of rotatable bonds is 3. The van der Waals surface area contributed by atoms with Crippen molar-refractivity contribution >= 4 is 23.7 Å². The van der Waals surface area contributed by atoms with Crippen molar-refractivity contribution in [3.05, 3.63) is 35.4 Å². The molecule has 0 aromatic heterocycles. The van der Waals surface area contributed by atoms with Crippen molar-refractivity contribution in [2.45, 2.75) is 45.3 Å². The molecule has 2 rings (SSSR count). The number of nitrogens with one attached hydrogen (secondary N) is 2. The van der Waals surface area contributed by atoms with Crippen molar-refractivity contribution in [3.8, 4) is 0 Å². The molecule has 0 saturated carbocycles. The highest BCUT2D eigenvalue weighted by atomic mass is 16.6. The molecule has 1 atom stereocenters. The smallest absolute Gasteiger partial charge is 0.338 e. The second-order valence-electron chi connectivity index (χ2n) is 6.56. The number of hydrogen-bond donors (Lipinski definition) is 2. The Hall–Kier alpha value is -2.70. The average Bonchev–Trinajstić information content (AvgIpc) is 2.48. The lowest BCUT2D eigenvalue weighted by Crippen LogP contribution is -2.52. The lowest BCUT2D eigenvalue weighted by molar-refractivity contribution is -0.134. The number of piperidine rings is 1. The molecule has 24 heavy (non-hydrogen) atoms. The summed E-state index contributed by atoms with van der Waals surface area (Å²) in [5.41, 5.74) is -0.147. The molecule has 128 valence electrons. The number of benzene rings is 1. The molecular formula is C17H20N2O5. The lowest BCUT2D eigenvalue weighted by atomic mass is 10.0. The monoisotopic (exact) mass is 332 g/mol. The normalized spacial score (nSPS) is 17.9. The average molecular weight is 332 g/mol. The van der Waals surface area contributed by atoms with Gasteiger partial charge in [0.25, 0.3) is 5.91 Å². The van der Waals surface area contributed by atoms with Crippen molar-refractivity contribution in [3.63, 3.8) is 0 Å². The van der Waals surface area contributed by atoms with E-state index in [-0.39, 0.29) is 29.9 Å². The molecule has 1 aromatic carbocycles. The van der Waals surface area contributed by atoms with Crippen LogP contribution in [0, 0.1) is 0 Å². The lowest BCUT2D eigenvalue weighted by Gasteiger charge is -2.22. The van der Waals surface area contributed by atoms with Crippen LogP contribution in [0.25, 0.3) is 0 Å². The summed E-state index contributed by atoms with van der Waals surface area (Å²) in [6, 6.07) is 5.31. The maximum absolute atomic E-state index is 12.3. The molecule has 7 nitrogen and oxygen atoms in total. The predicted molar refractivity (Wildman–Crippen MR) is 85.2 cm³/mol. The van der Waals surface area contributed by atoms with Crippen molar-refractivity contribution in [1.82, 2.24) is 10.6 Å². The van der Waals surface area contributed by atoms with Crippen molar-refractivity contribution in [1.29, 1.82) is 0 Å². The summed E-state index contributed by atoms with van der Waals surface area (Å²) in [7, 11) is 0. The Bertz CT molecular complexity index is 690. The van der Waals surface area contributed by atoms with E-state index in [2.05, 4.69) is 10.6 Å². The van der Waals surface area contributed by atoms with Gasteiger partial charge in [0.05, 0.1) is 5.56 Å². The first-order valence-electron chi connectivity index (χ1n) is 7.64. The van der Waals surface area contributed by atoms with Crippen LogP contribution in [0.1, 0.15) is 54.3 Å². The summed E-state index contributed by atoms with van der Waals surface area (Å²) in [5, 5.41) is 4.74. The second kappa shape index (κ2) is 6.82. The van der Waals surface area contributed by atoms with Crippen LogP contribution in [0.3, 0.4) is 0 Å². The van der Waals surface area contributed by atoms with Crippen LogP contribution < -0.4 is 10.6 Å². The van der Waals surface area contributed by atoms with Crippen molar-refractivity contribution in [2.75, 3.05) is 0 Å². The Labute approximate surface area is 139 Å². The topological polar surface area (TPSA) is 102 Å². The SMILES string of the molecule is CC(C)(C)OC(=O)c1cccc(C(=O)NC2CCC(=O)NC2=O)c1. The molecular weight excluding hydrogens is 312 g/mol. The molecule has 1 aliphatic heterocycles. The fourth-order valence-electron chi connectivity index (χ4n) is 2.20. The van der Waals surface area contributed by atoms with E-state index >= 15 is 0 Å². The summed E-state index contributed by atoms with van der Waals surface area (Å²) in [5.74, 6) is -1.90. The molecule has 0 bridgehead atoms. The Morgan fingerprint density at radius 1 is 1.21 bits per heavy atom. The Balaban J connectivity index is 2.08. The van der Waals surface area contributed by atoms with E-state index < -0.39 is 29.4 Å². The highest BCUT2D eigenvalue weighted by Crippen LogP contribution is 2.14. The van der Waals surface area contributed by atoms with Gasteiger partial charge in [-0.1, -0.05) is 6.07 Å². The van der Waals surface area contributed by atoms with E-state index in [1.165, 1.54) is 12.1 Å². The van der Waals surface area contributed by atoms with Crippen LogP contribution in [0.4, 0.5) is 0 Å². The first-order valence-corrected chi connectivity index (χ1v) is 7.64. The van der Waals surface area contributed by atoms with Crippen molar-refractivity contribution < 1.29 is 23.9 Å². The summed E-state index contributed by atoms with van der Waals surface area (Å²) < 4.78 is 5.27. The molecule has 7 heteroatoms. The third-order valence-electron chi connectivity index (χ3n) is 3.30. The van der Waals surface area contributed by atoms with E-state index in [1.54, 1.807) is 32.9 Å². The van der Waals surface area contributed by atoms with E-state index in [1.807, 2.05) is 0 Å². The molecule has 1 unspecified atom stereocenters. The first-order chi connectivity index (χ1) is 11.2. The highest BCUT2D eigenvalue weighted by Gasteiger charge is 2.28. The molecule has 1 saturated heterocycles. The zero-order valence-electron chi connectivity index (χ0n) is 13.8. The summed E-state index contributed by atoms with van der Waals surface area (Å²) in [4.78, 5) is 47.1. The molecule has 1 aliphatic rings. The number of imide groups is 1. The minimum absolute atomic E-state index is 0.175. The van der Waals surface area contributed by atoms with Gasteiger partial charge in [-0.05, 0) is 45.4 Å². The van der Waals surface area contributed by atoms with E-state index in [0.29, 0.717) is 0 Å². The zero-order valence-corrected chi connectivity index (χ0v) is 13.8. The molecule has 2 N–H and O–H groups in total. The van der Waals surface area contributed by atoms with E-state index in [4.69, 9.17) is 4.74 Å². The maximum Gasteiger partial charge on any atom is 0.338 e. The molecule has 0 radical (unpaired) electrons. The van der Waals surface area contributed by atoms with E-state index in [9.17, 15) is 19.2 Å². The number of carbonyl (C=O) groups excluding carboxylic acids is 4. The van der Waals surface area contributed by atoms with Gasteiger partial charge in [0.2, 0.25) is 11.8 Å².